The molecule has 0 bridgehead atoms. The lowest BCUT2D eigenvalue weighted by Crippen LogP contribution is -2.24. The Morgan fingerprint density at radius 1 is 1.22 bits per heavy atom. The number of hydrogen-bond donors (Lipinski definition) is 0. The molecule has 0 radical (unpaired) electrons. The summed E-state index contributed by atoms with van der Waals surface area (Å²) in [5.74, 6) is 0.255. The summed E-state index contributed by atoms with van der Waals surface area (Å²) in [4.78, 5) is 18.7. The number of halogens is 1. The van der Waals surface area contributed by atoms with Gasteiger partial charge in [0.2, 0.25) is 0 Å². The van der Waals surface area contributed by atoms with E-state index < -0.39 is 0 Å². The van der Waals surface area contributed by atoms with Crippen LogP contribution in [0.15, 0.2) is 35.1 Å². The summed E-state index contributed by atoms with van der Waals surface area (Å²) in [6, 6.07) is 6.41. The fourth-order valence-electron chi connectivity index (χ4n) is 2.97. The van der Waals surface area contributed by atoms with Crippen LogP contribution in [0, 0.1) is 19.7 Å². The van der Waals surface area contributed by atoms with E-state index in [9.17, 15) is 9.18 Å². The highest BCUT2D eigenvalue weighted by atomic mass is 19.1. The molecule has 120 valence electrons. The van der Waals surface area contributed by atoms with Gasteiger partial charge in [-0.1, -0.05) is 6.08 Å². The third kappa shape index (κ3) is 3.10. The molecule has 0 unspecified atom stereocenters. The monoisotopic (exact) mass is 313 g/mol. The van der Waals surface area contributed by atoms with Gasteiger partial charge in [0.05, 0.1) is 5.69 Å². The first-order chi connectivity index (χ1) is 11.0. The molecule has 0 fully saturated rings. The van der Waals surface area contributed by atoms with Crippen molar-refractivity contribution in [2.45, 2.75) is 20.3 Å². The van der Waals surface area contributed by atoms with Gasteiger partial charge in [0.15, 0.2) is 0 Å². The third-order valence-electron chi connectivity index (χ3n) is 4.18. The quantitative estimate of drug-likeness (QED) is 0.855. The number of hydrogen-bond acceptors (Lipinski definition) is 3. The van der Waals surface area contributed by atoms with Gasteiger partial charge in [0.25, 0.3) is 5.56 Å². The zero-order valence-corrected chi connectivity index (χ0v) is 13.6. The van der Waals surface area contributed by atoms with Crippen LogP contribution in [0.25, 0.3) is 11.3 Å². The van der Waals surface area contributed by atoms with E-state index in [-0.39, 0.29) is 11.4 Å². The average molecular weight is 313 g/mol. The number of nitrogens with zero attached hydrogens (tertiary/aromatic N) is 3. The van der Waals surface area contributed by atoms with Crippen LogP contribution < -0.4 is 5.56 Å². The third-order valence-corrected chi connectivity index (χ3v) is 4.18. The molecule has 1 aromatic heterocycles. The molecule has 1 aliphatic rings. The van der Waals surface area contributed by atoms with Gasteiger partial charge < -0.3 is 4.90 Å². The molecule has 0 saturated carbocycles. The van der Waals surface area contributed by atoms with Gasteiger partial charge in [0, 0.05) is 30.4 Å². The number of aromatic nitrogens is 2. The van der Waals surface area contributed by atoms with Crippen molar-refractivity contribution in [1.29, 1.82) is 0 Å². The first kappa shape index (κ1) is 15.6. The largest absolute Gasteiger partial charge is 0.302 e. The van der Waals surface area contributed by atoms with E-state index in [1.807, 2.05) is 7.05 Å². The maximum atomic E-state index is 14.6. The summed E-state index contributed by atoms with van der Waals surface area (Å²) < 4.78 is 16.0. The molecule has 0 spiro atoms. The van der Waals surface area contributed by atoms with E-state index in [0.29, 0.717) is 22.8 Å². The first-order valence-electron chi connectivity index (χ1n) is 7.71. The van der Waals surface area contributed by atoms with Crippen molar-refractivity contribution in [2.75, 3.05) is 20.1 Å². The molecule has 0 saturated heterocycles. The fraction of sp³-hybridized carbons (Fsp3) is 0.333. The highest BCUT2D eigenvalue weighted by Crippen LogP contribution is 2.26. The van der Waals surface area contributed by atoms with Crippen LogP contribution in [-0.4, -0.2) is 34.6 Å². The number of likely N-dealkylation sites (N-methyl/N-ethyl adjacent to an activating group) is 1. The van der Waals surface area contributed by atoms with Gasteiger partial charge in [-0.15, -0.1) is 0 Å². The van der Waals surface area contributed by atoms with E-state index >= 15 is 0 Å². The molecule has 5 heteroatoms. The van der Waals surface area contributed by atoms with Crippen LogP contribution in [-0.2, 0) is 0 Å². The van der Waals surface area contributed by atoms with Gasteiger partial charge >= 0.3 is 0 Å². The Bertz CT molecular complexity index is 839. The molecule has 0 N–H and O–H groups in total. The maximum absolute atomic E-state index is 14.6. The molecule has 4 nitrogen and oxygen atoms in total. The molecule has 1 aromatic carbocycles. The number of rotatable bonds is 2. The lowest BCUT2D eigenvalue weighted by atomic mass is 9.99. The van der Waals surface area contributed by atoms with Crippen molar-refractivity contribution in [2.24, 2.45) is 0 Å². The van der Waals surface area contributed by atoms with Gasteiger partial charge in [-0.3, -0.25) is 9.36 Å². The van der Waals surface area contributed by atoms with Gasteiger partial charge in [-0.25, -0.2) is 9.37 Å². The van der Waals surface area contributed by atoms with Crippen molar-refractivity contribution in [3.63, 3.8) is 0 Å². The van der Waals surface area contributed by atoms with Crippen LogP contribution in [0.3, 0.4) is 0 Å². The van der Waals surface area contributed by atoms with Crippen LogP contribution in [0.4, 0.5) is 4.39 Å². The Balaban J connectivity index is 2.02. The zero-order valence-electron chi connectivity index (χ0n) is 13.6. The highest BCUT2D eigenvalue weighted by molar-refractivity contribution is 5.68. The van der Waals surface area contributed by atoms with E-state index in [4.69, 9.17) is 0 Å². The Morgan fingerprint density at radius 2 is 2.00 bits per heavy atom. The molecular weight excluding hydrogens is 293 g/mol. The van der Waals surface area contributed by atoms with Gasteiger partial charge in [-0.2, -0.15) is 0 Å². The van der Waals surface area contributed by atoms with Crippen LogP contribution in [0.2, 0.25) is 0 Å². The van der Waals surface area contributed by atoms with Crippen molar-refractivity contribution >= 4 is 5.57 Å². The van der Waals surface area contributed by atoms with Crippen molar-refractivity contribution < 1.29 is 4.39 Å². The summed E-state index contributed by atoms with van der Waals surface area (Å²) in [7, 11) is 2.05. The smallest absolute Gasteiger partial charge is 0.258 e. The van der Waals surface area contributed by atoms with Crippen molar-refractivity contribution in [3.8, 4) is 5.69 Å². The topological polar surface area (TPSA) is 38.1 Å². The maximum Gasteiger partial charge on any atom is 0.258 e. The van der Waals surface area contributed by atoms with Crippen LogP contribution in [0.5, 0.6) is 0 Å². The standard InChI is InChI=1S/C18H20FN3O/c1-12-10-18(23)22(13(2)20-12)15-4-5-16(17(19)11-15)14-6-8-21(3)9-7-14/h4-6,10-11H,7-9H2,1-3H3. The lowest BCUT2D eigenvalue weighted by Gasteiger charge is -2.22. The van der Waals surface area contributed by atoms with E-state index in [2.05, 4.69) is 16.0 Å². The lowest BCUT2D eigenvalue weighted by molar-refractivity contribution is 0.369. The minimum Gasteiger partial charge on any atom is -0.302 e. The average Bonchev–Trinajstić information content (AvgIpc) is 2.47. The van der Waals surface area contributed by atoms with Crippen LogP contribution in [0.1, 0.15) is 23.5 Å². The van der Waals surface area contributed by atoms with E-state index in [0.717, 1.165) is 25.1 Å². The minimum atomic E-state index is -0.301. The molecular formula is C18H20FN3O. The SMILES string of the molecule is Cc1cc(=O)n(-c2ccc(C3=CCN(C)CC3)c(F)c2)c(C)n1. The second kappa shape index (κ2) is 6.08. The Labute approximate surface area is 134 Å². The summed E-state index contributed by atoms with van der Waals surface area (Å²) in [5, 5.41) is 0. The molecule has 2 aromatic rings. The predicted octanol–water partition coefficient (Wildman–Crippen LogP) is 2.71. The first-order valence-corrected chi connectivity index (χ1v) is 7.71. The fourth-order valence-corrected chi connectivity index (χ4v) is 2.97. The molecule has 0 aliphatic carbocycles. The van der Waals surface area contributed by atoms with Gasteiger partial charge in [0.1, 0.15) is 11.6 Å². The molecule has 0 atom stereocenters. The predicted molar refractivity (Wildman–Crippen MR) is 89.4 cm³/mol. The van der Waals surface area contributed by atoms with E-state index in [1.54, 1.807) is 26.0 Å². The van der Waals surface area contributed by atoms with Crippen molar-refractivity contribution in [3.05, 3.63) is 63.6 Å². The summed E-state index contributed by atoms with van der Waals surface area (Å²) in [6.45, 7) is 5.28. The van der Waals surface area contributed by atoms with Gasteiger partial charge in [-0.05, 0) is 51.1 Å². The second-order valence-electron chi connectivity index (χ2n) is 6.02. The highest BCUT2D eigenvalue weighted by Gasteiger charge is 2.15. The Morgan fingerprint density at radius 3 is 2.61 bits per heavy atom. The number of aryl methyl sites for hydroxylation is 2. The van der Waals surface area contributed by atoms with E-state index in [1.165, 1.54) is 16.7 Å². The normalized spacial score (nSPS) is 15.6. The molecule has 23 heavy (non-hydrogen) atoms. The Hall–Kier alpha value is -2.27. The zero-order chi connectivity index (χ0) is 16.6. The Kier molecular flexibility index (Phi) is 4.13. The second-order valence-corrected chi connectivity index (χ2v) is 6.02. The van der Waals surface area contributed by atoms with Crippen molar-refractivity contribution in [1.82, 2.24) is 14.5 Å². The van der Waals surface area contributed by atoms with Crippen LogP contribution >= 0.6 is 0 Å². The minimum absolute atomic E-state index is 0.194. The molecule has 2 heterocycles. The molecule has 3 rings (SSSR count). The molecule has 1 aliphatic heterocycles. The summed E-state index contributed by atoms with van der Waals surface area (Å²) in [6.07, 6.45) is 2.89. The number of benzene rings is 1. The summed E-state index contributed by atoms with van der Waals surface area (Å²) >= 11 is 0. The summed E-state index contributed by atoms with van der Waals surface area (Å²) in [5.41, 5.74) is 2.62. The molecule has 0 amide bonds.